The molecule has 3 fully saturated rings. The molecule has 1 aromatic carbocycles. The lowest BCUT2D eigenvalue weighted by Crippen LogP contribution is -2.59. The number of carbonyl (C=O) groups excluding carboxylic acids is 3. The first-order chi connectivity index (χ1) is 26.2. The number of hydrogen-bond acceptors (Lipinski definition) is 13. The number of ketones is 1. The molecule has 3 saturated heterocycles. The summed E-state index contributed by atoms with van der Waals surface area (Å²) in [6, 6.07) is 2.96. The summed E-state index contributed by atoms with van der Waals surface area (Å²) in [6.45, 7) is 12.1. The van der Waals surface area contributed by atoms with Gasteiger partial charge in [-0.1, -0.05) is 32.0 Å². The third-order valence-electron chi connectivity index (χ3n) is 11.2. The van der Waals surface area contributed by atoms with Crippen molar-refractivity contribution in [1.82, 2.24) is 4.90 Å². The number of likely N-dealkylation sites (N-methyl/N-ethyl adjacent to an activating group) is 1. The molecule has 0 aliphatic carbocycles. The van der Waals surface area contributed by atoms with Gasteiger partial charge in [0.25, 0.3) is 0 Å². The smallest absolute Gasteiger partial charge is 0.316 e. The van der Waals surface area contributed by atoms with Crippen molar-refractivity contribution in [3.05, 3.63) is 35.4 Å². The SMILES string of the molecule is CC[C@H]1OC(=O)[C@H](C)C(=O)[C@H](C)[C@@H](O[C@@H]2O[C@H](C)C[C@H](N(C)C)[C@H]2O)[C@@]2(C)C[C@@H](C)C(=NC(C)=O)C[C@@H](OC/C(=N/OCc3ccc(F)c(F)c3)CO2)[C@]1(C)O. The zero-order valence-corrected chi connectivity index (χ0v) is 34.1. The van der Waals surface area contributed by atoms with Crippen LogP contribution in [0.15, 0.2) is 28.3 Å². The second-order valence-corrected chi connectivity index (χ2v) is 16.1. The number of benzene rings is 1. The molecule has 1 aromatic rings. The summed E-state index contributed by atoms with van der Waals surface area (Å²) in [5.74, 6) is -6.88. The van der Waals surface area contributed by atoms with E-state index in [-0.39, 0.29) is 56.9 Å². The number of aliphatic hydroxyl groups excluding tert-OH is 1. The maximum absolute atomic E-state index is 14.4. The van der Waals surface area contributed by atoms with Gasteiger partial charge in [0.2, 0.25) is 5.91 Å². The maximum atomic E-state index is 14.4. The largest absolute Gasteiger partial charge is 0.459 e. The first-order valence-electron chi connectivity index (χ1n) is 19.3. The number of Topliss-reactive ketones (excluding diaryl/α,β-unsaturated/α-hetero) is 1. The Hall–Kier alpha value is -3.25. The number of cyclic esters (lactones) is 1. The third-order valence-corrected chi connectivity index (χ3v) is 11.2. The number of aliphatic imine (C=N–C) groups is 1. The predicted octanol–water partition coefficient (Wildman–Crippen LogP) is 4.15. The Morgan fingerprint density at radius 2 is 1.79 bits per heavy atom. The van der Waals surface area contributed by atoms with Crippen molar-refractivity contribution in [2.45, 2.75) is 142 Å². The number of oxime groups is 1. The highest BCUT2D eigenvalue weighted by molar-refractivity contribution is 6.00. The molecule has 0 spiro atoms. The van der Waals surface area contributed by atoms with Crippen LogP contribution in [0, 0.1) is 29.4 Å². The van der Waals surface area contributed by atoms with E-state index in [1.807, 2.05) is 32.8 Å². The number of nitrogens with zero attached hydrogens (tertiary/aromatic N) is 3. The Kier molecular flexibility index (Phi) is 15.4. The van der Waals surface area contributed by atoms with Gasteiger partial charge in [0.05, 0.1) is 37.1 Å². The molecule has 0 radical (unpaired) electrons. The highest BCUT2D eigenvalue weighted by Gasteiger charge is 2.51. The summed E-state index contributed by atoms with van der Waals surface area (Å²) in [4.78, 5) is 52.5. The summed E-state index contributed by atoms with van der Waals surface area (Å²) in [7, 11) is 3.67. The molecule has 314 valence electrons. The van der Waals surface area contributed by atoms with Crippen molar-refractivity contribution in [2.75, 3.05) is 27.3 Å². The van der Waals surface area contributed by atoms with Crippen molar-refractivity contribution in [2.24, 2.45) is 27.9 Å². The van der Waals surface area contributed by atoms with E-state index in [4.69, 9.17) is 28.5 Å². The normalized spacial score (nSPS) is 38.1. The molecule has 2 N–H and O–H groups in total. The van der Waals surface area contributed by atoms with Gasteiger partial charge in [-0.05, 0) is 84.7 Å². The van der Waals surface area contributed by atoms with Gasteiger partial charge in [0, 0.05) is 31.0 Å². The molecular formula is C40H59F2N3O11. The van der Waals surface area contributed by atoms with Crippen molar-refractivity contribution in [1.29, 1.82) is 0 Å². The van der Waals surface area contributed by atoms with Crippen LogP contribution in [0.25, 0.3) is 0 Å². The molecule has 14 nitrogen and oxygen atoms in total. The Labute approximate surface area is 327 Å². The molecule has 0 unspecified atom stereocenters. The Balaban J connectivity index is 1.90. The molecule has 3 aliphatic rings. The number of rotatable bonds is 7. The van der Waals surface area contributed by atoms with Crippen molar-refractivity contribution >= 4 is 29.1 Å². The fourth-order valence-corrected chi connectivity index (χ4v) is 7.85. The minimum absolute atomic E-state index is 0.0804. The van der Waals surface area contributed by atoms with Crippen LogP contribution < -0.4 is 0 Å². The molecule has 1 amide bonds. The number of carbonyl (C=O) groups is 3. The van der Waals surface area contributed by atoms with E-state index in [0.717, 1.165) is 12.1 Å². The van der Waals surface area contributed by atoms with Gasteiger partial charge < -0.3 is 43.6 Å². The van der Waals surface area contributed by atoms with E-state index in [1.165, 1.54) is 26.8 Å². The number of aliphatic hydroxyl groups is 2. The Bertz CT molecular complexity index is 1620. The highest BCUT2D eigenvalue weighted by Crippen LogP contribution is 2.39. The van der Waals surface area contributed by atoms with E-state index in [1.54, 1.807) is 20.8 Å². The van der Waals surface area contributed by atoms with E-state index >= 15 is 0 Å². The zero-order valence-electron chi connectivity index (χ0n) is 34.1. The quantitative estimate of drug-likeness (QED) is 0.230. The van der Waals surface area contributed by atoms with Crippen LogP contribution in [0.2, 0.25) is 0 Å². The summed E-state index contributed by atoms with van der Waals surface area (Å²) in [5, 5.41) is 28.0. The number of ether oxygens (including phenoxy) is 5. The number of amides is 1. The lowest BCUT2D eigenvalue weighted by atomic mass is 9.76. The van der Waals surface area contributed by atoms with Crippen LogP contribution in [0.4, 0.5) is 8.78 Å². The van der Waals surface area contributed by atoms with Gasteiger partial charge in [-0.3, -0.25) is 14.4 Å². The number of hydrogen-bond donors (Lipinski definition) is 2. The van der Waals surface area contributed by atoms with Crippen LogP contribution in [0.1, 0.15) is 86.6 Å². The average Bonchev–Trinajstić information content (AvgIpc) is 3.14. The molecule has 2 bridgehead atoms. The van der Waals surface area contributed by atoms with Crippen LogP contribution in [0.5, 0.6) is 0 Å². The van der Waals surface area contributed by atoms with Crippen molar-refractivity contribution < 1.29 is 61.9 Å². The Morgan fingerprint density at radius 1 is 1.09 bits per heavy atom. The van der Waals surface area contributed by atoms with E-state index < -0.39 is 89.0 Å². The second kappa shape index (κ2) is 19.0. The van der Waals surface area contributed by atoms with Gasteiger partial charge in [-0.25, -0.2) is 13.8 Å². The Morgan fingerprint density at radius 3 is 2.41 bits per heavy atom. The fraction of sp³-hybridized carbons (Fsp3) is 0.725. The lowest BCUT2D eigenvalue weighted by Gasteiger charge is -2.47. The molecule has 4 rings (SSSR count). The first-order valence-corrected chi connectivity index (χ1v) is 19.3. The van der Waals surface area contributed by atoms with Gasteiger partial charge >= 0.3 is 5.97 Å². The van der Waals surface area contributed by atoms with Gasteiger partial charge in [0.1, 0.15) is 36.0 Å². The minimum Gasteiger partial charge on any atom is -0.459 e. The average molecular weight is 796 g/mol. The van der Waals surface area contributed by atoms with Crippen LogP contribution in [-0.4, -0.2) is 126 Å². The van der Waals surface area contributed by atoms with Crippen molar-refractivity contribution in [3.8, 4) is 0 Å². The fourth-order valence-electron chi connectivity index (χ4n) is 7.85. The number of halogens is 2. The van der Waals surface area contributed by atoms with Gasteiger partial charge in [-0.2, -0.15) is 0 Å². The lowest BCUT2D eigenvalue weighted by molar-refractivity contribution is -0.296. The van der Waals surface area contributed by atoms with Crippen LogP contribution >= 0.6 is 0 Å². The van der Waals surface area contributed by atoms with Crippen LogP contribution in [0.3, 0.4) is 0 Å². The molecule has 16 heteroatoms. The first kappa shape index (κ1) is 45.5. The molecule has 56 heavy (non-hydrogen) atoms. The van der Waals surface area contributed by atoms with E-state index in [0.29, 0.717) is 17.7 Å². The molecular weight excluding hydrogens is 736 g/mol. The summed E-state index contributed by atoms with van der Waals surface area (Å²) < 4.78 is 59.4. The number of esters is 1. The van der Waals surface area contributed by atoms with E-state index in [9.17, 15) is 33.4 Å². The monoisotopic (exact) mass is 795 g/mol. The minimum atomic E-state index is -1.88. The van der Waals surface area contributed by atoms with E-state index in [2.05, 4.69) is 10.1 Å². The predicted molar refractivity (Wildman–Crippen MR) is 201 cm³/mol. The molecule has 0 aromatic heterocycles. The summed E-state index contributed by atoms with van der Waals surface area (Å²) in [5.41, 5.74) is -2.51. The third kappa shape index (κ3) is 10.8. The van der Waals surface area contributed by atoms with Crippen LogP contribution in [-0.2, 0) is 49.5 Å². The topological polar surface area (TPSA) is 175 Å². The summed E-state index contributed by atoms with van der Waals surface area (Å²) >= 11 is 0. The standard InChI is InChI=1S/C40H59F2N3O11/c1-11-32-40(8,50)33-16-30(43-25(6)46)21(2)17-39(7,52-20-27(19-51-33)44-53-18-26-12-13-28(41)29(42)15-26)36(23(4)34(47)24(5)37(49)55-32)56-38-35(48)31(45(9)10)14-22(3)54-38/h12-13,15,21-24,31-33,35-36,38,48,50H,11,14,16-20H2,1-10H3/b43-30?,44-27-/t21-,22-,23+,24-,31+,32-,33-,35-,36-,38+,39-,40-/m1/s1. The molecule has 0 saturated carbocycles. The summed E-state index contributed by atoms with van der Waals surface area (Å²) in [6.07, 6.45) is -5.52. The molecule has 3 aliphatic heterocycles. The highest BCUT2D eigenvalue weighted by atomic mass is 19.2. The van der Waals surface area contributed by atoms with Gasteiger partial charge in [-0.15, -0.1) is 0 Å². The zero-order chi connectivity index (χ0) is 41.7. The van der Waals surface area contributed by atoms with Crippen molar-refractivity contribution in [3.63, 3.8) is 0 Å². The van der Waals surface area contributed by atoms with Gasteiger partial charge in [0.15, 0.2) is 23.7 Å². The molecule has 12 atom stereocenters. The number of fused-ring (bicyclic) bond motifs is 5. The second-order valence-electron chi connectivity index (χ2n) is 16.1. The molecule has 3 heterocycles. The maximum Gasteiger partial charge on any atom is 0.316 e.